The summed E-state index contributed by atoms with van der Waals surface area (Å²) in [6, 6.07) is 21.9. The van der Waals surface area contributed by atoms with E-state index in [9.17, 15) is 0 Å². The largest absolute Gasteiger partial charge is 0.299 e. The van der Waals surface area contributed by atoms with Crippen molar-refractivity contribution in [1.82, 2.24) is 4.90 Å². The van der Waals surface area contributed by atoms with Crippen molar-refractivity contribution in [1.29, 1.82) is 5.26 Å². The number of alkyl halides is 1. The standard InChI is InChI=1S/C25H34ClN.C2H3N/c1-2-18-27(20-22-9-4-3-5-10-22)19-8-11-21-14-16-23(17-15-21)24-12-6-7-13-25(24)26;1-2-3/h3-5,9-10,14-17,24-25H,2,6-8,11-13,18-20H2,1H3;1H3. The van der Waals surface area contributed by atoms with E-state index in [0.29, 0.717) is 11.3 Å². The Morgan fingerprint density at radius 1 is 0.967 bits per heavy atom. The molecule has 0 aliphatic heterocycles. The van der Waals surface area contributed by atoms with Crippen molar-refractivity contribution in [2.45, 2.75) is 76.6 Å². The van der Waals surface area contributed by atoms with Gasteiger partial charge in [-0.1, -0.05) is 74.4 Å². The van der Waals surface area contributed by atoms with Crippen LogP contribution in [0.3, 0.4) is 0 Å². The van der Waals surface area contributed by atoms with Gasteiger partial charge in [0.25, 0.3) is 0 Å². The second-order valence-electron chi connectivity index (χ2n) is 8.24. The lowest BCUT2D eigenvalue weighted by atomic mass is 9.83. The maximum atomic E-state index is 7.32. The SMILES string of the molecule is CC#N.CCCN(CCCc1ccc(C2CCCCC2Cl)cc1)Cc1ccccc1. The van der Waals surface area contributed by atoms with Crippen molar-refractivity contribution in [3.8, 4) is 6.07 Å². The first kappa shape index (κ1) is 24.4. The van der Waals surface area contributed by atoms with E-state index in [1.165, 1.54) is 68.7 Å². The van der Waals surface area contributed by atoms with Gasteiger partial charge in [-0.05, 0) is 61.9 Å². The fourth-order valence-electron chi connectivity index (χ4n) is 4.33. The van der Waals surface area contributed by atoms with Gasteiger partial charge in [-0.25, -0.2) is 0 Å². The molecule has 0 bridgehead atoms. The van der Waals surface area contributed by atoms with E-state index < -0.39 is 0 Å². The quantitative estimate of drug-likeness (QED) is 0.394. The van der Waals surface area contributed by atoms with Gasteiger partial charge in [0.15, 0.2) is 0 Å². The third-order valence-electron chi connectivity index (χ3n) is 5.82. The number of aryl methyl sites for hydroxylation is 1. The molecule has 3 rings (SSSR count). The van der Waals surface area contributed by atoms with Crippen LogP contribution in [0.1, 0.15) is 75.0 Å². The molecule has 1 aliphatic rings. The van der Waals surface area contributed by atoms with E-state index in [1.807, 2.05) is 0 Å². The first-order chi connectivity index (χ1) is 14.7. The van der Waals surface area contributed by atoms with E-state index in [4.69, 9.17) is 16.9 Å². The lowest BCUT2D eigenvalue weighted by molar-refractivity contribution is 0.262. The molecule has 30 heavy (non-hydrogen) atoms. The molecule has 0 radical (unpaired) electrons. The molecular weight excluding hydrogens is 388 g/mol. The van der Waals surface area contributed by atoms with Crippen LogP contribution in [-0.2, 0) is 13.0 Å². The number of hydrogen-bond acceptors (Lipinski definition) is 2. The summed E-state index contributed by atoms with van der Waals surface area (Å²) < 4.78 is 0. The summed E-state index contributed by atoms with van der Waals surface area (Å²) in [5, 5.41) is 7.64. The van der Waals surface area contributed by atoms with Crippen molar-refractivity contribution >= 4 is 11.6 Å². The highest BCUT2D eigenvalue weighted by Crippen LogP contribution is 2.36. The fourth-order valence-corrected chi connectivity index (χ4v) is 4.75. The molecule has 2 nitrogen and oxygen atoms in total. The zero-order valence-corrected chi connectivity index (χ0v) is 19.5. The summed E-state index contributed by atoms with van der Waals surface area (Å²) in [6.45, 7) is 7.10. The Hall–Kier alpha value is -1.82. The van der Waals surface area contributed by atoms with Crippen LogP contribution in [-0.4, -0.2) is 23.4 Å². The monoisotopic (exact) mass is 424 g/mol. The van der Waals surface area contributed by atoms with Gasteiger partial charge in [0.1, 0.15) is 0 Å². The molecule has 2 atom stereocenters. The highest BCUT2D eigenvalue weighted by Gasteiger charge is 2.24. The molecule has 0 heterocycles. The second-order valence-corrected chi connectivity index (χ2v) is 8.80. The van der Waals surface area contributed by atoms with Crippen LogP contribution >= 0.6 is 11.6 Å². The number of nitriles is 1. The molecule has 0 saturated heterocycles. The molecule has 1 saturated carbocycles. The zero-order chi connectivity index (χ0) is 21.6. The Labute approximate surface area is 188 Å². The average molecular weight is 425 g/mol. The number of benzene rings is 2. The van der Waals surface area contributed by atoms with Crippen LogP contribution in [0.5, 0.6) is 0 Å². The predicted octanol–water partition coefficient (Wildman–Crippen LogP) is 7.33. The Bertz CT molecular complexity index is 736. The van der Waals surface area contributed by atoms with Gasteiger partial charge < -0.3 is 0 Å². The summed E-state index contributed by atoms with van der Waals surface area (Å²) in [5.41, 5.74) is 4.31. The van der Waals surface area contributed by atoms with Gasteiger partial charge >= 0.3 is 0 Å². The smallest absolute Gasteiger partial charge is 0.0587 e. The second kappa shape index (κ2) is 14.2. The Balaban J connectivity index is 0.00000101. The molecule has 162 valence electrons. The molecule has 1 fully saturated rings. The van der Waals surface area contributed by atoms with Crippen LogP contribution < -0.4 is 0 Å². The molecule has 0 amide bonds. The minimum atomic E-state index is 0.324. The molecule has 2 aromatic carbocycles. The highest BCUT2D eigenvalue weighted by atomic mass is 35.5. The summed E-state index contributed by atoms with van der Waals surface area (Å²) in [6.07, 6.45) is 8.62. The molecule has 2 aromatic rings. The first-order valence-electron chi connectivity index (χ1n) is 11.5. The normalized spacial score (nSPS) is 18.4. The molecule has 0 N–H and O–H groups in total. The molecule has 3 heteroatoms. The minimum Gasteiger partial charge on any atom is -0.299 e. The van der Waals surface area contributed by atoms with Crippen LogP contribution in [0.25, 0.3) is 0 Å². The maximum absolute atomic E-state index is 7.32. The molecule has 1 aliphatic carbocycles. The minimum absolute atomic E-state index is 0.324. The van der Waals surface area contributed by atoms with Crippen LogP contribution in [0.2, 0.25) is 0 Å². The van der Waals surface area contributed by atoms with Crippen molar-refractivity contribution in [2.24, 2.45) is 0 Å². The summed E-state index contributed by atoms with van der Waals surface area (Å²) >= 11 is 6.57. The van der Waals surface area contributed by atoms with Crippen molar-refractivity contribution < 1.29 is 0 Å². The van der Waals surface area contributed by atoms with Gasteiger partial charge in [0.05, 0.1) is 6.07 Å². The van der Waals surface area contributed by atoms with Gasteiger partial charge in [-0.15, -0.1) is 11.6 Å². The van der Waals surface area contributed by atoms with Crippen LogP contribution in [0.15, 0.2) is 54.6 Å². The Kier molecular flexibility index (Phi) is 11.6. The fraction of sp³-hybridized carbons (Fsp3) is 0.519. The van der Waals surface area contributed by atoms with Crippen molar-refractivity contribution in [3.05, 3.63) is 71.3 Å². The number of hydrogen-bond donors (Lipinski definition) is 0. The third kappa shape index (κ3) is 8.50. The topological polar surface area (TPSA) is 27.0 Å². The van der Waals surface area contributed by atoms with Gasteiger partial charge in [-0.2, -0.15) is 5.26 Å². The molecular formula is C27H37ClN2. The van der Waals surface area contributed by atoms with Gasteiger partial charge in [0, 0.05) is 24.8 Å². The van der Waals surface area contributed by atoms with Crippen LogP contribution in [0.4, 0.5) is 0 Å². The predicted molar refractivity (Wildman–Crippen MR) is 129 cm³/mol. The molecule has 2 unspecified atom stereocenters. The van der Waals surface area contributed by atoms with Crippen molar-refractivity contribution in [2.75, 3.05) is 13.1 Å². The first-order valence-corrected chi connectivity index (χ1v) is 11.9. The lowest BCUT2D eigenvalue weighted by Crippen LogP contribution is -2.25. The van der Waals surface area contributed by atoms with E-state index in [2.05, 4.69) is 66.4 Å². The number of rotatable bonds is 9. The number of halogens is 1. The number of nitrogens with zero attached hydrogens (tertiary/aromatic N) is 2. The summed E-state index contributed by atoms with van der Waals surface area (Å²) in [5.74, 6) is 0.556. The molecule has 0 spiro atoms. The summed E-state index contributed by atoms with van der Waals surface area (Å²) in [4.78, 5) is 2.59. The van der Waals surface area contributed by atoms with E-state index in [-0.39, 0.29) is 0 Å². The lowest BCUT2D eigenvalue weighted by Gasteiger charge is -2.27. The van der Waals surface area contributed by atoms with Gasteiger partial charge in [-0.3, -0.25) is 4.90 Å². The van der Waals surface area contributed by atoms with E-state index in [1.54, 1.807) is 6.07 Å². The highest BCUT2D eigenvalue weighted by molar-refractivity contribution is 6.21. The Morgan fingerprint density at radius 2 is 1.63 bits per heavy atom. The van der Waals surface area contributed by atoms with E-state index >= 15 is 0 Å². The van der Waals surface area contributed by atoms with Crippen molar-refractivity contribution in [3.63, 3.8) is 0 Å². The van der Waals surface area contributed by atoms with Gasteiger partial charge in [0.2, 0.25) is 0 Å². The maximum Gasteiger partial charge on any atom is 0.0587 e. The average Bonchev–Trinajstić information content (AvgIpc) is 2.76. The summed E-state index contributed by atoms with van der Waals surface area (Å²) in [7, 11) is 0. The zero-order valence-electron chi connectivity index (χ0n) is 18.7. The van der Waals surface area contributed by atoms with Crippen LogP contribution in [0, 0.1) is 11.3 Å². The van der Waals surface area contributed by atoms with E-state index in [0.717, 1.165) is 19.5 Å². The third-order valence-corrected chi connectivity index (χ3v) is 6.34. The Morgan fingerprint density at radius 3 is 2.27 bits per heavy atom. The molecule has 0 aromatic heterocycles.